The molecule has 0 saturated heterocycles. The van der Waals surface area contributed by atoms with E-state index >= 15 is 0 Å². The van der Waals surface area contributed by atoms with Crippen molar-refractivity contribution in [1.82, 2.24) is 19.9 Å². The number of carbonyl (C=O) groups excluding carboxylic acids is 1. The molecule has 2 aromatic rings. The van der Waals surface area contributed by atoms with Crippen molar-refractivity contribution in [3.63, 3.8) is 0 Å². The zero-order valence-corrected chi connectivity index (χ0v) is 15.3. The van der Waals surface area contributed by atoms with Crippen LogP contribution in [0.15, 0.2) is 28.7 Å². The number of amides is 1. The molecule has 0 unspecified atom stereocenters. The Labute approximate surface area is 148 Å². The average Bonchev–Trinajstić information content (AvgIpc) is 2.88. The topological polar surface area (TPSA) is 88.3 Å². The van der Waals surface area contributed by atoms with Gasteiger partial charge in [0.1, 0.15) is 0 Å². The van der Waals surface area contributed by atoms with Crippen LogP contribution in [0.3, 0.4) is 0 Å². The number of hydrogen-bond acceptors (Lipinski definition) is 4. The maximum Gasteiger partial charge on any atom is 0.305 e. The van der Waals surface area contributed by atoms with Crippen LogP contribution in [-0.2, 0) is 4.79 Å². The third-order valence-electron chi connectivity index (χ3n) is 3.60. The molecule has 0 aliphatic rings. The number of benzene rings is 1. The van der Waals surface area contributed by atoms with Crippen molar-refractivity contribution in [2.75, 3.05) is 6.54 Å². The summed E-state index contributed by atoms with van der Waals surface area (Å²) in [7, 11) is 0. The van der Waals surface area contributed by atoms with Crippen LogP contribution < -0.4 is 0 Å². The van der Waals surface area contributed by atoms with Gasteiger partial charge in [0.15, 0.2) is 5.69 Å². The summed E-state index contributed by atoms with van der Waals surface area (Å²) in [5.41, 5.74) is 1.63. The summed E-state index contributed by atoms with van der Waals surface area (Å²) in [6, 6.07) is 7.38. The highest BCUT2D eigenvalue weighted by Gasteiger charge is 2.25. The van der Waals surface area contributed by atoms with Gasteiger partial charge in [0.05, 0.1) is 17.8 Å². The summed E-state index contributed by atoms with van der Waals surface area (Å²) in [6.45, 7) is 5.58. The van der Waals surface area contributed by atoms with E-state index in [-0.39, 0.29) is 30.6 Å². The Morgan fingerprint density at radius 2 is 2.08 bits per heavy atom. The van der Waals surface area contributed by atoms with Crippen LogP contribution in [-0.4, -0.2) is 49.5 Å². The first-order valence-corrected chi connectivity index (χ1v) is 8.31. The number of carboxylic acids is 1. The van der Waals surface area contributed by atoms with Crippen LogP contribution in [0.1, 0.15) is 36.5 Å². The Morgan fingerprint density at radius 1 is 1.38 bits per heavy atom. The Balaban J connectivity index is 2.31. The van der Waals surface area contributed by atoms with Crippen molar-refractivity contribution in [2.24, 2.45) is 0 Å². The smallest absolute Gasteiger partial charge is 0.305 e. The molecule has 1 heterocycles. The number of carbonyl (C=O) groups is 2. The van der Waals surface area contributed by atoms with Crippen molar-refractivity contribution in [2.45, 2.75) is 33.2 Å². The molecular weight excluding hydrogens is 376 g/mol. The number of rotatable bonds is 6. The molecule has 0 bridgehead atoms. The number of hydrogen-bond donors (Lipinski definition) is 1. The molecule has 1 amide bonds. The van der Waals surface area contributed by atoms with Crippen molar-refractivity contribution >= 4 is 27.8 Å². The molecule has 0 aliphatic carbocycles. The highest BCUT2D eigenvalue weighted by Crippen LogP contribution is 2.18. The monoisotopic (exact) mass is 394 g/mol. The van der Waals surface area contributed by atoms with Crippen LogP contribution in [0.4, 0.5) is 0 Å². The minimum absolute atomic E-state index is 0.108. The van der Waals surface area contributed by atoms with E-state index in [9.17, 15) is 9.59 Å². The molecule has 1 aromatic carbocycles. The maximum absolute atomic E-state index is 12.7. The standard InChI is InChI=1S/C16H19BrN4O3/c1-10(2)20(8-7-14(22)23)16(24)15-11(3)21(19-18-15)13-6-4-5-12(17)9-13/h4-6,9-10H,7-8H2,1-3H3,(H,22,23). The summed E-state index contributed by atoms with van der Waals surface area (Å²) in [5, 5.41) is 16.9. The molecule has 2 rings (SSSR count). The minimum atomic E-state index is -0.942. The van der Waals surface area contributed by atoms with Crippen LogP contribution >= 0.6 is 15.9 Å². The zero-order valence-electron chi connectivity index (χ0n) is 13.7. The molecule has 7 nitrogen and oxygen atoms in total. The van der Waals surface area contributed by atoms with Crippen molar-refractivity contribution in [3.05, 3.63) is 40.1 Å². The van der Waals surface area contributed by atoms with Gasteiger partial charge in [-0.3, -0.25) is 9.59 Å². The first-order valence-electron chi connectivity index (χ1n) is 7.52. The molecule has 1 aromatic heterocycles. The molecule has 0 saturated carbocycles. The van der Waals surface area contributed by atoms with E-state index in [0.29, 0.717) is 5.69 Å². The first kappa shape index (κ1) is 18.1. The molecule has 8 heteroatoms. The predicted octanol–water partition coefficient (Wildman–Crippen LogP) is 2.66. The summed E-state index contributed by atoms with van der Waals surface area (Å²) < 4.78 is 2.49. The van der Waals surface area contributed by atoms with E-state index in [1.807, 2.05) is 38.1 Å². The van der Waals surface area contributed by atoms with Gasteiger partial charge >= 0.3 is 5.97 Å². The maximum atomic E-state index is 12.7. The summed E-state index contributed by atoms with van der Waals surface area (Å²) in [4.78, 5) is 25.0. The fraction of sp³-hybridized carbons (Fsp3) is 0.375. The van der Waals surface area contributed by atoms with E-state index in [4.69, 9.17) is 5.11 Å². The molecular formula is C16H19BrN4O3. The third kappa shape index (κ3) is 4.00. The second-order valence-corrected chi connectivity index (χ2v) is 6.57. The Hall–Kier alpha value is -2.22. The second-order valence-electron chi connectivity index (χ2n) is 5.65. The number of aromatic nitrogens is 3. The first-order chi connectivity index (χ1) is 11.3. The SMILES string of the molecule is Cc1c(C(=O)N(CCC(=O)O)C(C)C)nnn1-c1cccc(Br)c1. The molecule has 0 aliphatic heterocycles. The average molecular weight is 395 g/mol. The van der Waals surface area contributed by atoms with Gasteiger partial charge in [-0.05, 0) is 39.0 Å². The molecule has 1 N–H and O–H groups in total. The molecule has 0 radical (unpaired) electrons. The van der Waals surface area contributed by atoms with E-state index in [2.05, 4.69) is 26.2 Å². The van der Waals surface area contributed by atoms with Crippen LogP contribution in [0.25, 0.3) is 5.69 Å². The molecule has 128 valence electrons. The highest BCUT2D eigenvalue weighted by atomic mass is 79.9. The van der Waals surface area contributed by atoms with Crippen molar-refractivity contribution in [3.8, 4) is 5.69 Å². The van der Waals surface area contributed by atoms with Gasteiger partial charge in [-0.2, -0.15) is 0 Å². The number of halogens is 1. The molecule has 0 fully saturated rings. The van der Waals surface area contributed by atoms with Gasteiger partial charge in [-0.25, -0.2) is 4.68 Å². The number of nitrogens with zero attached hydrogens (tertiary/aromatic N) is 4. The predicted molar refractivity (Wildman–Crippen MR) is 92.2 cm³/mol. The summed E-state index contributed by atoms with van der Waals surface area (Å²) in [6.07, 6.45) is -0.108. The van der Waals surface area contributed by atoms with E-state index < -0.39 is 5.97 Å². The largest absolute Gasteiger partial charge is 0.481 e. The lowest BCUT2D eigenvalue weighted by Crippen LogP contribution is -2.39. The number of carboxylic acid groups (broad SMARTS) is 1. The van der Waals surface area contributed by atoms with Gasteiger partial charge in [0, 0.05) is 17.1 Å². The lowest BCUT2D eigenvalue weighted by Gasteiger charge is -2.25. The normalized spacial score (nSPS) is 10.9. The van der Waals surface area contributed by atoms with E-state index in [1.165, 1.54) is 4.90 Å². The minimum Gasteiger partial charge on any atom is -0.481 e. The zero-order chi connectivity index (χ0) is 17.9. The Kier molecular flexibility index (Phi) is 5.71. The second kappa shape index (κ2) is 7.57. The number of aliphatic carboxylic acids is 1. The van der Waals surface area contributed by atoms with Crippen LogP contribution in [0.2, 0.25) is 0 Å². The lowest BCUT2D eigenvalue weighted by molar-refractivity contribution is -0.137. The van der Waals surface area contributed by atoms with Crippen molar-refractivity contribution in [1.29, 1.82) is 0 Å². The van der Waals surface area contributed by atoms with Gasteiger partial charge in [0.25, 0.3) is 5.91 Å². The Morgan fingerprint density at radius 3 is 2.67 bits per heavy atom. The van der Waals surface area contributed by atoms with Crippen molar-refractivity contribution < 1.29 is 14.7 Å². The van der Waals surface area contributed by atoms with Gasteiger partial charge < -0.3 is 10.0 Å². The highest BCUT2D eigenvalue weighted by molar-refractivity contribution is 9.10. The van der Waals surface area contributed by atoms with Gasteiger partial charge in [-0.1, -0.05) is 27.2 Å². The quantitative estimate of drug-likeness (QED) is 0.813. The van der Waals surface area contributed by atoms with Gasteiger partial charge in [-0.15, -0.1) is 5.10 Å². The Bertz CT molecular complexity index is 758. The molecule has 0 spiro atoms. The van der Waals surface area contributed by atoms with Crippen LogP contribution in [0.5, 0.6) is 0 Å². The summed E-state index contributed by atoms with van der Waals surface area (Å²) >= 11 is 3.40. The summed E-state index contributed by atoms with van der Waals surface area (Å²) in [5.74, 6) is -1.26. The van der Waals surface area contributed by atoms with E-state index in [0.717, 1.165) is 10.2 Å². The van der Waals surface area contributed by atoms with E-state index in [1.54, 1.807) is 11.6 Å². The molecule has 24 heavy (non-hydrogen) atoms. The third-order valence-corrected chi connectivity index (χ3v) is 4.09. The molecule has 0 atom stereocenters. The van der Waals surface area contributed by atoms with Gasteiger partial charge in [0.2, 0.25) is 0 Å². The lowest BCUT2D eigenvalue weighted by atomic mass is 10.2. The fourth-order valence-corrected chi connectivity index (χ4v) is 2.71. The van der Waals surface area contributed by atoms with Crippen LogP contribution in [0, 0.1) is 6.92 Å². The fourth-order valence-electron chi connectivity index (χ4n) is 2.33.